The zero-order valence-electron chi connectivity index (χ0n) is 20.1. The maximum Gasteiger partial charge on any atom is 0.211 e. The predicted molar refractivity (Wildman–Crippen MR) is 139 cm³/mol. The first-order valence-corrected chi connectivity index (χ1v) is 14.1. The molecule has 4 aromatic rings. The monoisotopic (exact) mass is 529 g/mol. The number of thiazole rings is 1. The van der Waals surface area contributed by atoms with Gasteiger partial charge in [-0.3, -0.25) is 4.40 Å². The van der Waals surface area contributed by atoms with Gasteiger partial charge in [0.25, 0.3) is 0 Å². The molecule has 36 heavy (non-hydrogen) atoms. The summed E-state index contributed by atoms with van der Waals surface area (Å²) >= 11 is 0.922. The summed E-state index contributed by atoms with van der Waals surface area (Å²) in [6, 6.07) is 9.52. The highest BCUT2D eigenvalue weighted by molar-refractivity contribution is 7.88. The van der Waals surface area contributed by atoms with E-state index in [1.807, 2.05) is 47.7 Å². The first kappa shape index (κ1) is 24.5. The van der Waals surface area contributed by atoms with Crippen molar-refractivity contribution in [1.29, 1.82) is 0 Å². The average Bonchev–Trinajstić information content (AvgIpc) is 3.43. The van der Waals surface area contributed by atoms with Crippen molar-refractivity contribution in [3.05, 3.63) is 70.9 Å². The minimum atomic E-state index is -3.23. The number of aromatic nitrogens is 3. The van der Waals surface area contributed by atoms with Gasteiger partial charge in [0.1, 0.15) is 23.0 Å². The Bertz CT molecular complexity index is 1580. The van der Waals surface area contributed by atoms with Gasteiger partial charge in [-0.1, -0.05) is 24.3 Å². The van der Waals surface area contributed by atoms with Crippen molar-refractivity contribution in [3.63, 3.8) is 0 Å². The van der Waals surface area contributed by atoms with Crippen LogP contribution in [0.5, 0.6) is 0 Å². The van der Waals surface area contributed by atoms with E-state index < -0.39 is 21.0 Å². The number of hydrogen-bond donors (Lipinski definition) is 0. The number of sulfonamides is 1. The number of benzene rings is 1. The molecule has 0 aliphatic carbocycles. The van der Waals surface area contributed by atoms with Gasteiger partial charge in [0.05, 0.1) is 11.9 Å². The Balaban J connectivity index is 1.53. The summed E-state index contributed by atoms with van der Waals surface area (Å²) in [5.41, 5.74) is 4.32. The second kappa shape index (κ2) is 9.38. The smallest absolute Gasteiger partial charge is 0.211 e. The lowest BCUT2D eigenvalue weighted by Gasteiger charge is -2.24. The molecule has 188 valence electrons. The molecule has 11 heteroatoms. The summed E-state index contributed by atoms with van der Waals surface area (Å²) < 4.78 is 55.3. The lowest BCUT2D eigenvalue weighted by molar-refractivity contribution is 0.446. The lowest BCUT2D eigenvalue weighted by atomic mass is 10.0. The van der Waals surface area contributed by atoms with Crippen LogP contribution in [-0.4, -0.2) is 53.5 Å². The van der Waals surface area contributed by atoms with Gasteiger partial charge in [0, 0.05) is 31.9 Å². The van der Waals surface area contributed by atoms with Crippen LogP contribution in [0.1, 0.15) is 24.6 Å². The molecule has 0 unspecified atom stereocenters. The molecule has 0 radical (unpaired) electrons. The van der Waals surface area contributed by atoms with E-state index in [0.717, 1.165) is 39.6 Å². The Hall–Kier alpha value is -3.15. The van der Waals surface area contributed by atoms with Gasteiger partial charge in [-0.2, -0.15) is 8.70 Å². The summed E-state index contributed by atoms with van der Waals surface area (Å²) in [5.74, 6) is 0.390. The van der Waals surface area contributed by atoms with Crippen molar-refractivity contribution in [2.75, 3.05) is 31.3 Å². The molecule has 0 saturated heterocycles. The highest BCUT2D eigenvalue weighted by Gasteiger charge is 2.24. The normalized spacial score (nSPS) is 14.9. The van der Waals surface area contributed by atoms with Crippen LogP contribution < -0.4 is 4.90 Å². The van der Waals surface area contributed by atoms with Crippen molar-refractivity contribution in [2.45, 2.75) is 19.8 Å². The molecule has 1 aliphatic heterocycles. The number of imidazole rings is 1. The maximum atomic E-state index is 14.9. The molecular weight excluding hydrogens is 504 g/mol. The molecule has 1 aromatic carbocycles. The summed E-state index contributed by atoms with van der Waals surface area (Å²) in [7, 11) is -1.40. The SMILES string of the molecule is CCc1nc2ccc(C3=CCN(S(C)(=O)=O)CC3)cn2c1N(C)c1nc(-c2ccc(F)cc2)c(F)s1. The van der Waals surface area contributed by atoms with E-state index in [-0.39, 0.29) is 5.69 Å². The van der Waals surface area contributed by atoms with Crippen molar-refractivity contribution < 1.29 is 17.2 Å². The number of nitrogens with zero attached hydrogens (tertiary/aromatic N) is 5. The van der Waals surface area contributed by atoms with Gasteiger partial charge < -0.3 is 4.90 Å². The molecule has 0 saturated carbocycles. The van der Waals surface area contributed by atoms with E-state index in [4.69, 9.17) is 4.98 Å². The van der Waals surface area contributed by atoms with E-state index in [1.165, 1.54) is 34.8 Å². The van der Waals surface area contributed by atoms with Crippen LogP contribution in [0.2, 0.25) is 0 Å². The number of hydrogen-bond acceptors (Lipinski definition) is 6. The molecule has 5 rings (SSSR count). The fraction of sp³-hybridized carbons (Fsp3) is 0.280. The van der Waals surface area contributed by atoms with Crippen LogP contribution in [0.3, 0.4) is 0 Å². The highest BCUT2D eigenvalue weighted by atomic mass is 32.2. The number of pyridine rings is 1. The van der Waals surface area contributed by atoms with E-state index in [2.05, 4.69) is 4.98 Å². The molecule has 4 heterocycles. The Morgan fingerprint density at radius 1 is 1.08 bits per heavy atom. The first-order chi connectivity index (χ1) is 17.2. The summed E-state index contributed by atoms with van der Waals surface area (Å²) in [6.45, 7) is 2.79. The van der Waals surface area contributed by atoms with Gasteiger partial charge in [-0.25, -0.2) is 22.8 Å². The lowest BCUT2D eigenvalue weighted by Crippen LogP contribution is -2.33. The molecule has 1 aliphatic rings. The fourth-order valence-electron chi connectivity index (χ4n) is 4.39. The second-order valence-electron chi connectivity index (χ2n) is 8.67. The van der Waals surface area contributed by atoms with Crippen LogP contribution in [0.15, 0.2) is 48.7 Å². The van der Waals surface area contributed by atoms with E-state index in [9.17, 15) is 17.2 Å². The standard InChI is InChI=1S/C25H25F2N5O2S2/c1-4-20-24(30(2)25-29-22(23(27)35-25)17-5-8-19(26)9-6-17)32-15-18(7-10-21(32)28-20)16-11-13-31(14-12-16)36(3,33)34/h5-11,15H,4,12-14H2,1-3H3. The summed E-state index contributed by atoms with van der Waals surface area (Å²) in [4.78, 5) is 11.1. The van der Waals surface area contributed by atoms with Gasteiger partial charge in [-0.05, 0) is 60.4 Å². The molecule has 0 atom stereocenters. The minimum Gasteiger partial charge on any atom is -0.305 e. The predicted octanol–water partition coefficient (Wildman–Crippen LogP) is 5.12. The molecule has 0 N–H and O–H groups in total. The van der Waals surface area contributed by atoms with Crippen LogP contribution in [-0.2, 0) is 16.4 Å². The third kappa shape index (κ3) is 4.54. The van der Waals surface area contributed by atoms with Crippen LogP contribution >= 0.6 is 11.3 Å². The van der Waals surface area contributed by atoms with E-state index in [1.54, 1.807) is 0 Å². The van der Waals surface area contributed by atoms with Gasteiger partial charge >= 0.3 is 0 Å². The fourth-order valence-corrected chi connectivity index (χ4v) is 5.94. The second-order valence-corrected chi connectivity index (χ2v) is 11.6. The largest absolute Gasteiger partial charge is 0.305 e. The van der Waals surface area contributed by atoms with Gasteiger partial charge in [0.15, 0.2) is 5.13 Å². The highest BCUT2D eigenvalue weighted by Crippen LogP contribution is 2.36. The molecule has 7 nitrogen and oxygen atoms in total. The quantitative estimate of drug-likeness (QED) is 0.347. The number of rotatable bonds is 6. The molecule has 0 bridgehead atoms. The number of halogens is 2. The van der Waals surface area contributed by atoms with Crippen LogP contribution in [0, 0.1) is 10.9 Å². The zero-order valence-corrected chi connectivity index (χ0v) is 21.7. The summed E-state index contributed by atoms with van der Waals surface area (Å²) in [6.07, 6.45) is 6.43. The van der Waals surface area contributed by atoms with Crippen molar-refractivity contribution in [1.82, 2.24) is 18.7 Å². The minimum absolute atomic E-state index is 0.178. The number of fused-ring (bicyclic) bond motifs is 1. The third-order valence-corrected chi connectivity index (χ3v) is 8.50. The Morgan fingerprint density at radius 3 is 2.44 bits per heavy atom. The Morgan fingerprint density at radius 2 is 1.81 bits per heavy atom. The van der Waals surface area contributed by atoms with E-state index >= 15 is 0 Å². The van der Waals surface area contributed by atoms with Crippen molar-refractivity contribution in [2.24, 2.45) is 0 Å². The zero-order chi connectivity index (χ0) is 25.6. The van der Waals surface area contributed by atoms with Gasteiger partial charge in [0.2, 0.25) is 15.2 Å². The third-order valence-electron chi connectivity index (χ3n) is 6.31. The molecular formula is C25H25F2N5O2S2. The maximum absolute atomic E-state index is 14.9. The Labute approximate surface area is 212 Å². The summed E-state index contributed by atoms with van der Waals surface area (Å²) in [5, 5.41) is 0.00760. The molecule has 0 amide bonds. The molecule has 0 spiro atoms. The van der Waals surface area contributed by atoms with Gasteiger partial charge in [-0.15, -0.1) is 0 Å². The first-order valence-electron chi connectivity index (χ1n) is 11.5. The average molecular weight is 530 g/mol. The van der Waals surface area contributed by atoms with Crippen LogP contribution in [0.25, 0.3) is 22.5 Å². The molecule has 0 fully saturated rings. The van der Waals surface area contributed by atoms with Crippen molar-refractivity contribution in [3.8, 4) is 11.3 Å². The van der Waals surface area contributed by atoms with Crippen molar-refractivity contribution >= 4 is 43.5 Å². The Kier molecular flexibility index (Phi) is 6.39. The van der Waals surface area contributed by atoms with E-state index in [0.29, 0.717) is 36.6 Å². The topological polar surface area (TPSA) is 70.8 Å². The molecule has 3 aromatic heterocycles. The number of anilines is 2. The number of aryl methyl sites for hydroxylation is 1. The van der Waals surface area contributed by atoms with Crippen LogP contribution in [0.4, 0.5) is 19.7 Å².